The summed E-state index contributed by atoms with van der Waals surface area (Å²) in [6.07, 6.45) is 3.08. The zero-order valence-corrected chi connectivity index (χ0v) is 19.6. The number of hydrogen-bond acceptors (Lipinski definition) is 5. The third-order valence-electron chi connectivity index (χ3n) is 5.25. The Labute approximate surface area is 208 Å². The van der Waals surface area contributed by atoms with Gasteiger partial charge in [0.1, 0.15) is 5.75 Å². The molecule has 4 aromatic rings. The highest BCUT2D eigenvalue weighted by atomic mass is 16.7. The molecule has 0 bridgehead atoms. The maximum atomic E-state index is 12.6. The van der Waals surface area contributed by atoms with Gasteiger partial charge in [-0.05, 0) is 85.3 Å². The SMILES string of the molecule is CCOC(=O)Oc1ccc(C(=O)Nc2cccc(CNC(=O)c3ccc(-n4cccc4)cc3)c2)cc1. The second-order valence-electron chi connectivity index (χ2n) is 7.78. The average Bonchev–Trinajstić information content (AvgIpc) is 3.43. The zero-order valence-electron chi connectivity index (χ0n) is 19.6. The molecule has 2 N–H and O–H groups in total. The molecule has 1 heterocycles. The second kappa shape index (κ2) is 11.5. The molecule has 0 unspecified atom stereocenters. The van der Waals surface area contributed by atoms with Gasteiger partial charge in [-0.25, -0.2) is 4.79 Å². The number of nitrogens with one attached hydrogen (secondary N) is 2. The topological polar surface area (TPSA) is 98.7 Å². The van der Waals surface area contributed by atoms with Gasteiger partial charge in [-0.2, -0.15) is 0 Å². The largest absolute Gasteiger partial charge is 0.513 e. The van der Waals surface area contributed by atoms with Gasteiger partial charge in [-0.3, -0.25) is 9.59 Å². The van der Waals surface area contributed by atoms with Gasteiger partial charge in [0, 0.05) is 41.4 Å². The third kappa shape index (κ3) is 6.38. The summed E-state index contributed by atoms with van der Waals surface area (Å²) in [6.45, 7) is 2.20. The summed E-state index contributed by atoms with van der Waals surface area (Å²) in [6, 6.07) is 24.6. The Hall–Kier alpha value is -4.85. The number of hydrogen-bond donors (Lipinski definition) is 2. The van der Waals surface area contributed by atoms with Crippen molar-refractivity contribution in [1.82, 2.24) is 9.88 Å². The molecule has 0 fully saturated rings. The molecule has 4 rings (SSSR count). The van der Waals surface area contributed by atoms with Crippen LogP contribution in [-0.2, 0) is 11.3 Å². The van der Waals surface area contributed by atoms with E-state index in [1.807, 2.05) is 47.3 Å². The highest BCUT2D eigenvalue weighted by molar-refractivity contribution is 6.04. The molecule has 2 amide bonds. The highest BCUT2D eigenvalue weighted by Crippen LogP contribution is 2.16. The van der Waals surface area contributed by atoms with Gasteiger partial charge in [0.05, 0.1) is 6.61 Å². The van der Waals surface area contributed by atoms with E-state index in [9.17, 15) is 14.4 Å². The fraction of sp³-hybridized carbons (Fsp3) is 0.107. The molecule has 0 saturated carbocycles. The first-order valence-electron chi connectivity index (χ1n) is 11.4. The highest BCUT2D eigenvalue weighted by Gasteiger charge is 2.10. The van der Waals surface area contributed by atoms with Crippen LogP contribution in [0.5, 0.6) is 5.75 Å². The van der Waals surface area contributed by atoms with Gasteiger partial charge >= 0.3 is 6.16 Å². The van der Waals surface area contributed by atoms with E-state index in [1.54, 1.807) is 49.4 Å². The standard InChI is InChI=1S/C28H25N3O5/c1-2-35-28(34)36-25-14-10-22(11-15-25)27(33)30-23-7-5-6-20(18-23)19-29-26(32)21-8-12-24(13-9-21)31-16-3-4-17-31/h3-18H,2,19H2,1H3,(H,29,32)(H,30,33). The fourth-order valence-corrected chi connectivity index (χ4v) is 3.46. The first kappa shape index (κ1) is 24.3. The van der Waals surface area contributed by atoms with Gasteiger partial charge in [0.2, 0.25) is 0 Å². The first-order valence-corrected chi connectivity index (χ1v) is 11.4. The lowest BCUT2D eigenvalue weighted by molar-refractivity contribution is 0.0949. The average molecular weight is 484 g/mol. The van der Waals surface area contributed by atoms with Crippen LogP contribution in [0.1, 0.15) is 33.2 Å². The van der Waals surface area contributed by atoms with Crippen LogP contribution in [0.15, 0.2) is 97.3 Å². The molecule has 0 spiro atoms. The lowest BCUT2D eigenvalue weighted by Crippen LogP contribution is -2.22. The monoisotopic (exact) mass is 483 g/mol. The van der Waals surface area contributed by atoms with Gasteiger partial charge in [0.25, 0.3) is 11.8 Å². The van der Waals surface area contributed by atoms with Crippen LogP contribution in [0.3, 0.4) is 0 Å². The minimum absolute atomic E-state index is 0.186. The lowest BCUT2D eigenvalue weighted by Gasteiger charge is -2.10. The maximum Gasteiger partial charge on any atom is 0.513 e. The van der Waals surface area contributed by atoms with Gasteiger partial charge in [-0.15, -0.1) is 0 Å². The number of anilines is 1. The molecule has 182 valence electrons. The summed E-state index contributed by atoms with van der Waals surface area (Å²) >= 11 is 0. The molecular formula is C28H25N3O5. The Morgan fingerprint density at radius 3 is 2.17 bits per heavy atom. The quantitative estimate of drug-likeness (QED) is 0.265. The molecule has 0 atom stereocenters. The van der Waals surface area contributed by atoms with E-state index >= 15 is 0 Å². The van der Waals surface area contributed by atoms with Crippen molar-refractivity contribution in [3.63, 3.8) is 0 Å². The number of ether oxygens (including phenoxy) is 2. The van der Waals surface area contributed by atoms with Crippen molar-refractivity contribution in [2.75, 3.05) is 11.9 Å². The summed E-state index contributed by atoms with van der Waals surface area (Å²) in [5, 5.41) is 5.73. The third-order valence-corrected chi connectivity index (χ3v) is 5.25. The number of nitrogens with zero attached hydrogens (tertiary/aromatic N) is 1. The molecular weight excluding hydrogens is 458 g/mol. The van der Waals surface area contributed by atoms with E-state index in [2.05, 4.69) is 10.6 Å². The van der Waals surface area contributed by atoms with Crippen LogP contribution < -0.4 is 15.4 Å². The Kier molecular flexibility index (Phi) is 7.77. The fourth-order valence-electron chi connectivity index (χ4n) is 3.46. The molecule has 1 aromatic heterocycles. The Bertz CT molecular complexity index is 1330. The Morgan fingerprint density at radius 2 is 1.47 bits per heavy atom. The number of rotatable bonds is 8. The van der Waals surface area contributed by atoms with Crippen molar-refractivity contribution in [2.24, 2.45) is 0 Å². The number of benzene rings is 3. The van der Waals surface area contributed by atoms with Crippen molar-refractivity contribution in [3.8, 4) is 11.4 Å². The van der Waals surface area contributed by atoms with Crippen LogP contribution in [0.25, 0.3) is 5.69 Å². The molecule has 0 radical (unpaired) electrons. The van der Waals surface area contributed by atoms with E-state index in [0.29, 0.717) is 23.4 Å². The lowest BCUT2D eigenvalue weighted by atomic mass is 10.1. The predicted molar refractivity (Wildman–Crippen MR) is 135 cm³/mol. The van der Waals surface area contributed by atoms with Crippen LogP contribution in [0, 0.1) is 0 Å². The second-order valence-corrected chi connectivity index (χ2v) is 7.78. The van der Waals surface area contributed by atoms with Crippen molar-refractivity contribution in [2.45, 2.75) is 13.5 Å². The summed E-state index contributed by atoms with van der Waals surface area (Å²) in [7, 11) is 0. The molecule has 8 heteroatoms. The van der Waals surface area contributed by atoms with Crippen LogP contribution in [-0.4, -0.2) is 29.1 Å². The molecule has 0 aliphatic carbocycles. The van der Waals surface area contributed by atoms with Gasteiger partial charge in [-0.1, -0.05) is 12.1 Å². The predicted octanol–water partition coefficient (Wildman–Crippen LogP) is 5.19. The van der Waals surface area contributed by atoms with E-state index < -0.39 is 6.16 Å². The minimum atomic E-state index is -0.799. The van der Waals surface area contributed by atoms with Crippen molar-refractivity contribution >= 4 is 23.7 Å². The Morgan fingerprint density at radius 1 is 0.806 bits per heavy atom. The molecule has 0 saturated heterocycles. The number of aromatic nitrogens is 1. The number of carbonyl (C=O) groups excluding carboxylic acids is 3. The minimum Gasteiger partial charge on any atom is -0.434 e. The maximum absolute atomic E-state index is 12.6. The van der Waals surface area contributed by atoms with Crippen LogP contribution >= 0.6 is 0 Å². The molecule has 8 nitrogen and oxygen atoms in total. The van der Waals surface area contributed by atoms with Crippen molar-refractivity contribution in [1.29, 1.82) is 0 Å². The van der Waals surface area contributed by atoms with E-state index in [-0.39, 0.29) is 24.2 Å². The van der Waals surface area contributed by atoms with E-state index in [0.717, 1.165) is 11.3 Å². The normalized spacial score (nSPS) is 10.4. The summed E-state index contributed by atoms with van der Waals surface area (Å²) < 4.78 is 11.7. The van der Waals surface area contributed by atoms with Crippen molar-refractivity contribution in [3.05, 3.63) is 114 Å². The molecule has 36 heavy (non-hydrogen) atoms. The first-order chi connectivity index (χ1) is 17.5. The summed E-state index contributed by atoms with van der Waals surface area (Å²) in [5.74, 6) is -0.225. The smallest absolute Gasteiger partial charge is 0.434 e. The number of carbonyl (C=O) groups is 3. The number of amides is 2. The Balaban J connectivity index is 1.31. The molecule has 0 aliphatic rings. The zero-order chi connectivity index (χ0) is 25.3. The molecule has 0 aliphatic heterocycles. The van der Waals surface area contributed by atoms with Crippen LogP contribution in [0.2, 0.25) is 0 Å². The van der Waals surface area contributed by atoms with E-state index in [1.165, 1.54) is 12.1 Å². The van der Waals surface area contributed by atoms with E-state index in [4.69, 9.17) is 9.47 Å². The summed E-state index contributed by atoms with van der Waals surface area (Å²) in [5.41, 5.74) is 3.36. The molecule has 3 aromatic carbocycles. The van der Waals surface area contributed by atoms with Gasteiger partial charge < -0.3 is 24.7 Å². The van der Waals surface area contributed by atoms with Crippen molar-refractivity contribution < 1.29 is 23.9 Å². The van der Waals surface area contributed by atoms with Gasteiger partial charge in [0.15, 0.2) is 0 Å². The van der Waals surface area contributed by atoms with Crippen LogP contribution in [0.4, 0.5) is 10.5 Å². The summed E-state index contributed by atoms with van der Waals surface area (Å²) in [4.78, 5) is 36.6.